The molecule has 0 aromatic rings. The monoisotopic (exact) mass is 294 g/mol. The van der Waals surface area contributed by atoms with Crippen LogP contribution in [0.25, 0.3) is 0 Å². The number of hydrogen-bond donors (Lipinski definition) is 1. The topological polar surface area (TPSA) is 49.4 Å². The van der Waals surface area contributed by atoms with Gasteiger partial charge in [-0.1, -0.05) is 25.7 Å². The molecule has 2 unspecified atom stereocenters. The van der Waals surface area contributed by atoms with Gasteiger partial charge in [0.15, 0.2) is 0 Å². The summed E-state index contributed by atoms with van der Waals surface area (Å²) in [5, 5.41) is -0.0551. The van der Waals surface area contributed by atoms with Crippen molar-refractivity contribution in [3.05, 3.63) is 0 Å². The average Bonchev–Trinajstić information content (AvgIpc) is 2.61. The van der Waals surface area contributed by atoms with Crippen LogP contribution in [-0.4, -0.2) is 37.2 Å². The van der Waals surface area contributed by atoms with Gasteiger partial charge in [-0.15, -0.1) is 11.6 Å². The minimum atomic E-state index is -3.34. The van der Waals surface area contributed by atoms with Crippen LogP contribution in [-0.2, 0) is 10.2 Å². The van der Waals surface area contributed by atoms with E-state index in [1.54, 1.807) is 4.31 Å². The highest BCUT2D eigenvalue weighted by atomic mass is 35.5. The number of rotatable bonds is 3. The third kappa shape index (κ3) is 3.83. The van der Waals surface area contributed by atoms with E-state index < -0.39 is 10.2 Å². The largest absolute Gasteiger partial charge is 0.279 e. The second-order valence-corrected chi connectivity index (χ2v) is 7.61. The first-order valence-corrected chi connectivity index (χ1v) is 8.89. The molecule has 0 amide bonds. The first-order chi connectivity index (χ1) is 8.59. The highest BCUT2D eigenvalue weighted by Gasteiger charge is 2.30. The second-order valence-electron chi connectivity index (χ2n) is 5.34. The molecule has 1 N–H and O–H groups in total. The van der Waals surface area contributed by atoms with Crippen molar-refractivity contribution < 1.29 is 8.42 Å². The maximum Gasteiger partial charge on any atom is 0.279 e. The van der Waals surface area contributed by atoms with E-state index in [2.05, 4.69) is 4.72 Å². The van der Waals surface area contributed by atoms with Gasteiger partial charge in [0, 0.05) is 24.5 Å². The molecule has 1 saturated heterocycles. The van der Waals surface area contributed by atoms with Gasteiger partial charge in [-0.05, 0) is 25.7 Å². The maximum atomic E-state index is 12.3. The van der Waals surface area contributed by atoms with Gasteiger partial charge in [-0.2, -0.15) is 17.4 Å². The number of halogens is 1. The molecule has 4 nitrogen and oxygen atoms in total. The molecule has 0 bridgehead atoms. The predicted octanol–water partition coefficient (Wildman–Crippen LogP) is 2.25. The van der Waals surface area contributed by atoms with Gasteiger partial charge < -0.3 is 0 Å². The Kier molecular flexibility index (Phi) is 5.30. The normalized spacial score (nSPS) is 32.1. The standard InChI is InChI=1S/C12H23ClN2O2S/c13-11-7-3-4-8-12(11)14-18(16,17)15-9-5-1-2-6-10-15/h11-12,14H,1-10H2. The Morgan fingerprint density at radius 1 is 0.944 bits per heavy atom. The summed E-state index contributed by atoms with van der Waals surface area (Å²) in [6.07, 6.45) is 8.15. The summed E-state index contributed by atoms with van der Waals surface area (Å²) in [6, 6.07) is -0.0892. The summed E-state index contributed by atoms with van der Waals surface area (Å²) >= 11 is 6.21. The zero-order valence-electron chi connectivity index (χ0n) is 10.8. The van der Waals surface area contributed by atoms with Crippen LogP contribution in [0.4, 0.5) is 0 Å². The summed E-state index contributed by atoms with van der Waals surface area (Å²) in [5.41, 5.74) is 0. The molecule has 2 aliphatic rings. The predicted molar refractivity (Wildman–Crippen MR) is 74.0 cm³/mol. The molecule has 0 aromatic heterocycles. The van der Waals surface area contributed by atoms with Gasteiger partial charge in [-0.3, -0.25) is 0 Å². The molecule has 0 aromatic carbocycles. The minimum absolute atomic E-state index is 0.0551. The molecule has 0 spiro atoms. The maximum absolute atomic E-state index is 12.3. The van der Waals surface area contributed by atoms with Crippen molar-refractivity contribution in [3.8, 4) is 0 Å². The van der Waals surface area contributed by atoms with E-state index in [-0.39, 0.29) is 11.4 Å². The van der Waals surface area contributed by atoms with Crippen LogP contribution in [0.1, 0.15) is 51.4 Å². The van der Waals surface area contributed by atoms with Gasteiger partial charge in [0.2, 0.25) is 0 Å². The lowest BCUT2D eigenvalue weighted by Gasteiger charge is -2.30. The van der Waals surface area contributed by atoms with Gasteiger partial charge in [0.1, 0.15) is 0 Å². The van der Waals surface area contributed by atoms with Crippen LogP contribution >= 0.6 is 11.6 Å². The fourth-order valence-electron chi connectivity index (χ4n) is 2.77. The number of nitrogens with one attached hydrogen (secondary N) is 1. The van der Waals surface area contributed by atoms with Crippen molar-refractivity contribution in [2.24, 2.45) is 0 Å². The van der Waals surface area contributed by atoms with Crippen molar-refractivity contribution >= 4 is 21.8 Å². The summed E-state index contributed by atoms with van der Waals surface area (Å²) in [5.74, 6) is 0. The minimum Gasteiger partial charge on any atom is -0.198 e. The van der Waals surface area contributed by atoms with E-state index in [9.17, 15) is 8.42 Å². The van der Waals surface area contributed by atoms with Crippen LogP contribution < -0.4 is 4.72 Å². The molecule has 18 heavy (non-hydrogen) atoms. The molecule has 1 aliphatic heterocycles. The number of nitrogens with zero attached hydrogens (tertiary/aromatic N) is 1. The zero-order chi connectivity index (χ0) is 13.0. The van der Waals surface area contributed by atoms with Crippen LogP contribution in [0.5, 0.6) is 0 Å². The van der Waals surface area contributed by atoms with Crippen LogP contribution in [0.2, 0.25) is 0 Å². The van der Waals surface area contributed by atoms with E-state index in [1.165, 1.54) is 0 Å². The first-order valence-electron chi connectivity index (χ1n) is 7.01. The van der Waals surface area contributed by atoms with E-state index in [0.717, 1.165) is 51.4 Å². The zero-order valence-corrected chi connectivity index (χ0v) is 12.3. The molecule has 1 saturated carbocycles. The van der Waals surface area contributed by atoms with E-state index >= 15 is 0 Å². The van der Waals surface area contributed by atoms with E-state index in [1.807, 2.05) is 0 Å². The van der Waals surface area contributed by atoms with Gasteiger partial charge in [0.05, 0.1) is 0 Å². The van der Waals surface area contributed by atoms with E-state index in [4.69, 9.17) is 11.6 Å². The van der Waals surface area contributed by atoms with Gasteiger partial charge in [0.25, 0.3) is 10.2 Å². The summed E-state index contributed by atoms with van der Waals surface area (Å²) in [7, 11) is -3.34. The molecule has 6 heteroatoms. The fourth-order valence-corrected chi connectivity index (χ4v) is 4.74. The molecule has 1 aliphatic carbocycles. The average molecular weight is 295 g/mol. The number of alkyl halides is 1. The van der Waals surface area contributed by atoms with Crippen molar-refractivity contribution in [3.63, 3.8) is 0 Å². The summed E-state index contributed by atoms with van der Waals surface area (Å²) < 4.78 is 29.0. The smallest absolute Gasteiger partial charge is 0.198 e. The highest BCUT2D eigenvalue weighted by Crippen LogP contribution is 2.24. The lowest BCUT2D eigenvalue weighted by Crippen LogP contribution is -2.49. The molecule has 2 atom stereocenters. The lowest BCUT2D eigenvalue weighted by molar-refractivity contribution is 0.379. The lowest BCUT2D eigenvalue weighted by atomic mass is 9.96. The van der Waals surface area contributed by atoms with Crippen molar-refractivity contribution in [1.29, 1.82) is 0 Å². The molecule has 1 heterocycles. The molecule has 2 fully saturated rings. The Morgan fingerprint density at radius 3 is 2.17 bits per heavy atom. The van der Waals surface area contributed by atoms with E-state index in [0.29, 0.717) is 13.1 Å². The molecular weight excluding hydrogens is 272 g/mol. The SMILES string of the molecule is O=S(=O)(NC1CCCCC1Cl)N1CCCCCC1. The van der Waals surface area contributed by atoms with Crippen LogP contribution in [0.15, 0.2) is 0 Å². The fraction of sp³-hybridized carbons (Fsp3) is 1.00. The molecule has 106 valence electrons. The third-order valence-corrected chi connectivity index (χ3v) is 6.05. The Hall–Kier alpha value is 0.160. The molecular formula is C12H23ClN2O2S. The molecule has 0 radical (unpaired) electrons. The Balaban J connectivity index is 1.96. The molecule has 2 rings (SSSR count). The highest BCUT2D eigenvalue weighted by molar-refractivity contribution is 7.87. The Morgan fingerprint density at radius 2 is 1.56 bits per heavy atom. The first kappa shape index (κ1) is 14.6. The van der Waals surface area contributed by atoms with Crippen molar-refractivity contribution in [1.82, 2.24) is 9.03 Å². The second kappa shape index (κ2) is 6.55. The van der Waals surface area contributed by atoms with Gasteiger partial charge >= 0.3 is 0 Å². The van der Waals surface area contributed by atoms with Gasteiger partial charge in [-0.25, -0.2) is 0 Å². The van der Waals surface area contributed by atoms with Crippen molar-refractivity contribution in [2.45, 2.75) is 62.8 Å². The quantitative estimate of drug-likeness (QED) is 0.812. The van der Waals surface area contributed by atoms with Crippen LogP contribution in [0, 0.1) is 0 Å². The Labute approximate surface area is 115 Å². The van der Waals surface area contributed by atoms with Crippen molar-refractivity contribution in [2.75, 3.05) is 13.1 Å². The van der Waals surface area contributed by atoms with Crippen LogP contribution in [0.3, 0.4) is 0 Å². The Bertz CT molecular complexity index is 353. The number of hydrogen-bond acceptors (Lipinski definition) is 2. The summed E-state index contributed by atoms with van der Waals surface area (Å²) in [4.78, 5) is 0. The third-order valence-electron chi connectivity index (χ3n) is 3.89. The summed E-state index contributed by atoms with van der Waals surface area (Å²) in [6.45, 7) is 1.30.